The van der Waals surface area contributed by atoms with E-state index in [0.29, 0.717) is 0 Å². The van der Waals surface area contributed by atoms with Crippen molar-refractivity contribution in [1.82, 2.24) is 0 Å². The summed E-state index contributed by atoms with van der Waals surface area (Å²) >= 11 is 0. The molecule has 1 aliphatic carbocycles. The molecule has 72 valence electrons. The summed E-state index contributed by atoms with van der Waals surface area (Å²) in [5.74, 6) is 0. The molecule has 2 atom stereocenters. The molecule has 0 unspecified atom stereocenters. The Labute approximate surface area is 74.9 Å². The lowest BCUT2D eigenvalue weighted by atomic mass is 9.66. The Morgan fingerprint density at radius 1 is 1.50 bits per heavy atom. The van der Waals surface area contributed by atoms with Gasteiger partial charge in [-0.25, -0.2) is 0 Å². The predicted molar refractivity (Wildman–Crippen MR) is 49.1 cm³/mol. The van der Waals surface area contributed by atoms with E-state index in [9.17, 15) is 5.11 Å². The minimum atomic E-state index is -0.163. The molecule has 1 fully saturated rings. The molecule has 0 aromatic carbocycles. The van der Waals surface area contributed by atoms with Gasteiger partial charge in [-0.2, -0.15) is 0 Å². The maximum Gasteiger partial charge on any atom is 0.0675 e. The number of aliphatic hydroxyl groups is 1. The van der Waals surface area contributed by atoms with E-state index < -0.39 is 0 Å². The summed E-state index contributed by atoms with van der Waals surface area (Å²) in [5.41, 5.74) is -0.0201. The summed E-state index contributed by atoms with van der Waals surface area (Å²) < 4.78 is 5.64. The van der Waals surface area contributed by atoms with E-state index in [4.69, 9.17) is 4.74 Å². The van der Waals surface area contributed by atoms with Crippen molar-refractivity contribution in [2.75, 3.05) is 6.61 Å². The van der Waals surface area contributed by atoms with Crippen LogP contribution in [0.3, 0.4) is 0 Å². The zero-order chi connectivity index (χ0) is 9.19. The van der Waals surface area contributed by atoms with Crippen LogP contribution in [-0.4, -0.2) is 23.9 Å². The fourth-order valence-corrected chi connectivity index (χ4v) is 1.52. The third kappa shape index (κ3) is 1.80. The van der Waals surface area contributed by atoms with E-state index in [1.54, 1.807) is 0 Å². The summed E-state index contributed by atoms with van der Waals surface area (Å²) in [6.45, 7) is 7.14. The minimum Gasteiger partial charge on any atom is -0.392 e. The van der Waals surface area contributed by atoms with Crippen LogP contribution in [0.5, 0.6) is 0 Å². The van der Waals surface area contributed by atoms with Gasteiger partial charge >= 0.3 is 0 Å². The topological polar surface area (TPSA) is 29.5 Å². The fraction of sp³-hybridized carbons (Fsp3) is 1.00. The van der Waals surface area contributed by atoms with Gasteiger partial charge in [0, 0.05) is 18.4 Å². The highest BCUT2D eigenvalue weighted by atomic mass is 16.5. The number of aliphatic hydroxyl groups excluding tert-OH is 1. The zero-order valence-electron chi connectivity index (χ0n) is 8.34. The standard InChI is InChI=1S/C10H20O2/c1-4-5-6-12-9-7-8(11)10(9,2)3/h8-9,11H,4-7H2,1-3H3/t8-,9+/m0/s1. The van der Waals surface area contributed by atoms with Gasteiger partial charge in [0.2, 0.25) is 0 Å². The lowest BCUT2D eigenvalue weighted by Crippen LogP contribution is -2.54. The first-order chi connectivity index (χ1) is 5.59. The lowest BCUT2D eigenvalue weighted by Gasteiger charge is -2.48. The molecule has 2 heteroatoms. The Morgan fingerprint density at radius 2 is 2.17 bits per heavy atom. The number of unbranched alkanes of at least 4 members (excludes halogenated alkanes) is 1. The Kier molecular flexibility index (Phi) is 3.13. The van der Waals surface area contributed by atoms with Crippen molar-refractivity contribution in [1.29, 1.82) is 0 Å². The highest BCUT2D eigenvalue weighted by molar-refractivity contribution is 4.98. The average Bonchev–Trinajstić information content (AvgIpc) is 2.04. The lowest BCUT2D eigenvalue weighted by molar-refractivity contribution is -0.175. The van der Waals surface area contributed by atoms with Crippen molar-refractivity contribution in [3.8, 4) is 0 Å². The fourth-order valence-electron chi connectivity index (χ4n) is 1.52. The van der Waals surface area contributed by atoms with Gasteiger partial charge in [0.15, 0.2) is 0 Å². The minimum absolute atomic E-state index is 0.0201. The Morgan fingerprint density at radius 3 is 2.58 bits per heavy atom. The van der Waals surface area contributed by atoms with Crippen molar-refractivity contribution < 1.29 is 9.84 Å². The van der Waals surface area contributed by atoms with Crippen molar-refractivity contribution >= 4 is 0 Å². The van der Waals surface area contributed by atoms with Crippen LogP contribution in [0.2, 0.25) is 0 Å². The van der Waals surface area contributed by atoms with Gasteiger partial charge < -0.3 is 9.84 Å². The Balaban J connectivity index is 2.19. The third-order valence-corrected chi connectivity index (χ3v) is 2.94. The molecule has 0 spiro atoms. The smallest absolute Gasteiger partial charge is 0.0675 e. The SMILES string of the molecule is CCCCO[C@@H]1C[C@H](O)C1(C)C. The van der Waals surface area contributed by atoms with Crippen LogP contribution in [0.15, 0.2) is 0 Å². The van der Waals surface area contributed by atoms with Gasteiger partial charge in [-0.05, 0) is 6.42 Å². The van der Waals surface area contributed by atoms with E-state index in [0.717, 1.165) is 19.4 Å². The molecule has 0 aromatic rings. The van der Waals surface area contributed by atoms with Crippen LogP contribution in [0.25, 0.3) is 0 Å². The van der Waals surface area contributed by atoms with Crippen molar-refractivity contribution in [3.63, 3.8) is 0 Å². The molecule has 0 saturated heterocycles. The summed E-state index contributed by atoms with van der Waals surface area (Å²) in [6, 6.07) is 0. The second-order valence-corrected chi connectivity index (χ2v) is 4.29. The van der Waals surface area contributed by atoms with Gasteiger partial charge in [0.05, 0.1) is 12.2 Å². The van der Waals surface area contributed by atoms with Crippen LogP contribution < -0.4 is 0 Å². The summed E-state index contributed by atoms with van der Waals surface area (Å²) in [6.07, 6.45) is 3.23. The third-order valence-electron chi connectivity index (χ3n) is 2.94. The highest BCUT2D eigenvalue weighted by Gasteiger charge is 2.47. The number of ether oxygens (including phenoxy) is 1. The van der Waals surface area contributed by atoms with Crippen LogP contribution in [-0.2, 0) is 4.74 Å². The first kappa shape index (κ1) is 10.0. The van der Waals surface area contributed by atoms with Crippen LogP contribution in [0.1, 0.15) is 40.0 Å². The van der Waals surface area contributed by atoms with Gasteiger partial charge in [0.25, 0.3) is 0 Å². The van der Waals surface area contributed by atoms with Crippen molar-refractivity contribution in [2.45, 2.75) is 52.2 Å². The van der Waals surface area contributed by atoms with Gasteiger partial charge in [-0.3, -0.25) is 0 Å². The maximum absolute atomic E-state index is 9.42. The van der Waals surface area contributed by atoms with E-state index >= 15 is 0 Å². The maximum atomic E-state index is 9.42. The molecule has 0 aliphatic heterocycles. The molecule has 1 rings (SSSR count). The molecule has 0 bridgehead atoms. The first-order valence-electron chi connectivity index (χ1n) is 4.88. The highest BCUT2D eigenvalue weighted by Crippen LogP contribution is 2.42. The van der Waals surface area contributed by atoms with Crippen LogP contribution >= 0.6 is 0 Å². The largest absolute Gasteiger partial charge is 0.392 e. The van der Waals surface area contributed by atoms with E-state index in [1.807, 2.05) is 0 Å². The second kappa shape index (κ2) is 3.75. The van der Waals surface area contributed by atoms with Gasteiger partial charge in [-0.1, -0.05) is 27.2 Å². The van der Waals surface area contributed by atoms with Gasteiger partial charge in [0.1, 0.15) is 0 Å². The van der Waals surface area contributed by atoms with Crippen LogP contribution in [0, 0.1) is 5.41 Å². The van der Waals surface area contributed by atoms with E-state index in [1.165, 1.54) is 6.42 Å². The van der Waals surface area contributed by atoms with Crippen LogP contribution in [0.4, 0.5) is 0 Å². The monoisotopic (exact) mass is 172 g/mol. The molecule has 1 saturated carbocycles. The molecule has 12 heavy (non-hydrogen) atoms. The van der Waals surface area contributed by atoms with Crippen molar-refractivity contribution in [3.05, 3.63) is 0 Å². The first-order valence-corrected chi connectivity index (χ1v) is 4.88. The quantitative estimate of drug-likeness (QED) is 0.657. The molecule has 0 radical (unpaired) electrons. The molecular weight excluding hydrogens is 152 g/mol. The molecular formula is C10H20O2. The summed E-state index contributed by atoms with van der Waals surface area (Å²) in [5, 5.41) is 9.42. The molecule has 1 aliphatic rings. The Bertz CT molecular complexity index is 143. The van der Waals surface area contributed by atoms with Crippen molar-refractivity contribution in [2.24, 2.45) is 5.41 Å². The normalized spacial score (nSPS) is 33.0. The Hall–Kier alpha value is -0.0800. The average molecular weight is 172 g/mol. The molecule has 0 heterocycles. The molecule has 0 amide bonds. The number of rotatable bonds is 4. The zero-order valence-corrected chi connectivity index (χ0v) is 8.34. The van der Waals surface area contributed by atoms with Gasteiger partial charge in [-0.15, -0.1) is 0 Å². The summed E-state index contributed by atoms with van der Waals surface area (Å²) in [4.78, 5) is 0. The molecule has 1 N–H and O–H groups in total. The predicted octanol–water partition coefficient (Wildman–Crippen LogP) is 1.96. The van der Waals surface area contributed by atoms with E-state index in [2.05, 4.69) is 20.8 Å². The van der Waals surface area contributed by atoms with E-state index in [-0.39, 0.29) is 17.6 Å². The molecule has 0 aromatic heterocycles. The number of hydrogen-bond donors (Lipinski definition) is 1. The molecule has 2 nitrogen and oxygen atoms in total. The number of hydrogen-bond acceptors (Lipinski definition) is 2. The second-order valence-electron chi connectivity index (χ2n) is 4.29. The summed E-state index contributed by atoms with van der Waals surface area (Å²) in [7, 11) is 0.